The Hall–Kier alpha value is -2.94. The number of nitrogens with one attached hydrogen (secondary N) is 1. The molecular formula is C29H36N4O4. The Bertz CT molecular complexity index is 1190. The van der Waals surface area contributed by atoms with Crippen molar-refractivity contribution < 1.29 is 19.4 Å². The maximum atomic E-state index is 11.8. The summed E-state index contributed by atoms with van der Waals surface area (Å²) in [5.41, 5.74) is 4.29. The number of aryl methyl sites for hydroxylation is 1. The van der Waals surface area contributed by atoms with Gasteiger partial charge in [-0.25, -0.2) is 4.98 Å². The number of rotatable bonds is 4. The van der Waals surface area contributed by atoms with Gasteiger partial charge in [-0.2, -0.15) is 0 Å². The number of pyridine rings is 1. The number of carbonyl (C=O) groups excluding carboxylic acids is 1. The van der Waals surface area contributed by atoms with Gasteiger partial charge in [0.05, 0.1) is 11.3 Å². The number of likely N-dealkylation sites (tertiary alicyclic amines) is 2. The lowest BCUT2D eigenvalue weighted by atomic mass is 9.82. The second-order valence-electron chi connectivity index (χ2n) is 10.9. The molecule has 0 atom stereocenters. The molecule has 37 heavy (non-hydrogen) atoms. The van der Waals surface area contributed by atoms with Crippen LogP contribution < -0.4 is 10.1 Å². The molecule has 1 aromatic carbocycles. The molecule has 0 bridgehead atoms. The molecule has 0 saturated carbocycles. The molecule has 8 nitrogen and oxygen atoms in total. The molecule has 2 aromatic rings. The van der Waals surface area contributed by atoms with Crippen molar-refractivity contribution in [2.75, 3.05) is 44.7 Å². The predicted octanol–water partition coefficient (Wildman–Crippen LogP) is 3.60. The van der Waals surface area contributed by atoms with E-state index in [2.05, 4.69) is 33.9 Å². The zero-order chi connectivity index (χ0) is 25.6. The zero-order valence-corrected chi connectivity index (χ0v) is 21.5. The first-order valence-corrected chi connectivity index (χ1v) is 13.4. The highest BCUT2D eigenvalue weighted by Gasteiger charge is 2.41. The predicted molar refractivity (Wildman–Crippen MR) is 141 cm³/mol. The van der Waals surface area contributed by atoms with E-state index in [-0.39, 0.29) is 5.91 Å². The molecular weight excluding hydrogens is 468 g/mol. The Morgan fingerprint density at radius 1 is 1.24 bits per heavy atom. The molecule has 196 valence electrons. The summed E-state index contributed by atoms with van der Waals surface area (Å²) >= 11 is 0. The topological polar surface area (TPSA) is 87.2 Å². The summed E-state index contributed by atoms with van der Waals surface area (Å²) in [6.45, 7) is 10.8. The first kappa shape index (κ1) is 24.4. The van der Waals surface area contributed by atoms with Crippen LogP contribution in [-0.4, -0.2) is 71.2 Å². The van der Waals surface area contributed by atoms with Crippen molar-refractivity contribution in [3.63, 3.8) is 0 Å². The standard InChI is InChI=1S/C29H36N4O4/c1-3-26(34)33-16-22(17-33)32-10-7-29(35,8-11-32)21-14-19(2)27-25(15-21)31-28-24(18-37-27)23(4-9-30-28)20-5-12-36-13-6-20/h3-4,9,14-15,20,22,35H,1,5-8,10-13,16-18H2,2H3,(H,30,31). The SMILES string of the molecule is C=CC(=O)N1CC(N2CCC(O)(c3cc(C)c4c(c3)Nc3nccc(C5CCOCC5)c3CO4)CC2)C1. The minimum Gasteiger partial charge on any atom is -0.486 e. The van der Waals surface area contributed by atoms with E-state index in [0.29, 0.717) is 31.4 Å². The zero-order valence-electron chi connectivity index (χ0n) is 21.5. The monoisotopic (exact) mass is 504 g/mol. The first-order valence-electron chi connectivity index (χ1n) is 13.4. The molecule has 1 amide bonds. The van der Waals surface area contributed by atoms with Crippen LogP contribution >= 0.6 is 0 Å². The smallest absolute Gasteiger partial charge is 0.246 e. The van der Waals surface area contributed by atoms with Crippen LogP contribution in [-0.2, 0) is 21.7 Å². The number of anilines is 2. The molecule has 8 heteroatoms. The van der Waals surface area contributed by atoms with E-state index in [1.807, 2.05) is 24.1 Å². The minimum absolute atomic E-state index is 0.00382. The molecule has 1 aromatic heterocycles. The third kappa shape index (κ3) is 4.51. The number of piperidine rings is 1. The second kappa shape index (κ2) is 9.74. The average Bonchev–Trinajstić information content (AvgIpc) is 3.09. The Balaban J connectivity index is 1.19. The number of aliphatic hydroxyl groups is 1. The molecule has 4 aliphatic heterocycles. The summed E-state index contributed by atoms with van der Waals surface area (Å²) in [6, 6.07) is 6.61. The van der Waals surface area contributed by atoms with Crippen LogP contribution in [0.2, 0.25) is 0 Å². The van der Waals surface area contributed by atoms with Crippen molar-refractivity contribution in [1.29, 1.82) is 0 Å². The van der Waals surface area contributed by atoms with Gasteiger partial charge in [0.1, 0.15) is 18.2 Å². The molecule has 2 N–H and O–H groups in total. The van der Waals surface area contributed by atoms with E-state index in [4.69, 9.17) is 9.47 Å². The molecule has 3 fully saturated rings. The van der Waals surface area contributed by atoms with E-state index < -0.39 is 5.60 Å². The van der Waals surface area contributed by atoms with E-state index in [0.717, 1.165) is 86.2 Å². The van der Waals surface area contributed by atoms with Gasteiger partial charge in [-0.15, -0.1) is 0 Å². The van der Waals surface area contributed by atoms with Gasteiger partial charge in [0, 0.05) is 57.2 Å². The van der Waals surface area contributed by atoms with Crippen LogP contribution in [0.4, 0.5) is 11.5 Å². The number of aromatic nitrogens is 1. The van der Waals surface area contributed by atoms with Crippen LogP contribution in [0.1, 0.15) is 53.9 Å². The molecule has 5 heterocycles. The quantitative estimate of drug-likeness (QED) is 0.616. The summed E-state index contributed by atoms with van der Waals surface area (Å²) in [4.78, 5) is 20.7. The summed E-state index contributed by atoms with van der Waals surface area (Å²) < 4.78 is 11.9. The van der Waals surface area contributed by atoms with E-state index in [9.17, 15) is 9.90 Å². The maximum absolute atomic E-state index is 11.8. The van der Waals surface area contributed by atoms with Gasteiger partial charge in [-0.1, -0.05) is 6.58 Å². The van der Waals surface area contributed by atoms with E-state index in [1.54, 1.807) is 0 Å². The van der Waals surface area contributed by atoms with Crippen LogP contribution in [0, 0.1) is 6.92 Å². The summed E-state index contributed by atoms with van der Waals surface area (Å²) in [5.74, 6) is 2.11. The fraction of sp³-hybridized carbons (Fsp3) is 0.517. The molecule has 0 aliphatic carbocycles. The Kier molecular flexibility index (Phi) is 6.42. The number of nitrogens with zero attached hydrogens (tertiary/aromatic N) is 3. The van der Waals surface area contributed by atoms with Crippen molar-refractivity contribution in [2.24, 2.45) is 0 Å². The van der Waals surface area contributed by atoms with Crippen molar-refractivity contribution in [1.82, 2.24) is 14.8 Å². The normalized spacial score (nSPS) is 22.1. The number of ether oxygens (including phenoxy) is 2. The van der Waals surface area contributed by atoms with Crippen molar-refractivity contribution in [2.45, 2.75) is 56.8 Å². The molecule has 3 saturated heterocycles. The molecule has 0 unspecified atom stereocenters. The molecule has 4 aliphatic rings. The van der Waals surface area contributed by atoms with Gasteiger partial charge < -0.3 is 24.8 Å². The van der Waals surface area contributed by atoms with Crippen LogP contribution in [0.25, 0.3) is 0 Å². The first-order chi connectivity index (χ1) is 17.9. The van der Waals surface area contributed by atoms with Crippen molar-refractivity contribution >= 4 is 17.4 Å². The number of fused-ring (bicyclic) bond motifs is 2. The average molecular weight is 505 g/mol. The van der Waals surface area contributed by atoms with E-state index in [1.165, 1.54) is 11.6 Å². The third-order valence-corrected chi connectivity index (χ3v) is 8.67. The Morgan fingerprint density at radius 3 is 2.73 bits per heavy atom. The Morgan fingerprint density at radius 2 is 2.00 bits per heavy atom. The lowest BCUT2D eigenvalue weighted by molar-refractivity contribution is -0.135. The molecule has 0 spiro atoms. The van der Waals surface area contributed by atoms with Crippen LogP contribution in [0.15, 0.2) is 37.1 Å². The van der Waals surface area contributed by atoms with Gasteiger partial charge in [0.2, 0.25) is 5.91 Å². The summed E-state index contributed by atoms with van der Waals surface area (Å²) in [7, 11) is 0. The largest absolute Gasteiger partial charge is 0.486 e. The van der Waals surface area contributed by atoms with Gasteiger partial charge in [-0.05, 0) is 79.5 Å². The van der Waals surface area contributed by atoms with Gasteiger partial charge >= 0.3 is 0 Å². The summed E-state index contributed by atoms with van der Waals surface area (Å²) in [5, 5.41) is 15.3. The third-order valence-electron chi connectivity index (χ3n) is 8.67. The van der Waals surface area contributed by atoms with Gasteiger partial charge in [0.25, 0.3) is 0 Å². The number of carbonyl (C=O) groups is 1. The van der Waals surface area contributed by atoms with E-state index >= 15 is 0 Å². The van der Waals surface area contributed by atoms with Crippen molar-refractivity contribution in [3.8, 4) is 5.75 Å². The van der Waals surface area contributed by atoms with Crippen LogP contribution in [0.5, 0.6) is 5.75 Å². The lowest BCUT2D eigenvalue weighted by Gasteiger charge is -2.49. The highest BCUT2D eigenvalue weighted by Crippen LogP contribution is 2.43. The second-order valence-corrected chi connectivity index (χ2v) is 10.9. The minimum atomic E-state index is -0.898. The van der Waals surface area contributed by atoms with Crippen molar-refractivity contribution in [3.05, 3.63) is 59.3 Å². The maximum Gasteiger partial charge on any atom is 0.246 e. The molecule has 0 radical (unpaired) electrons. The Labute approximate surface area is 218 Å². The number of hydrogen-bond donors (Lipinski definition) is 2. The molecule has 6 rings (SSSR count). The fourth-order valence-electron chi connectivity index (χ4n) is 6.30. The fourth-order valence-corrected chi connectivity index (χ4v) is 6.30. The lowest BCUT2D eigenvalue weighted by Crippen LogP contribution is -2.62. The summed E-state index contributed by atoms with van der Waals surface area (Å²) in [6.07, 6.45) is 6.59. The highest BCUT2D eigenvalue weighted by atomic mass is 16.5. The number of amides is 1. The van der Waals surface area contributed by atoms with Gasteiger partial charge in [-0.3, -0.25) is 9.69 Å². The van der Waals surface area contributed by atoms with Crippen LogP contribution in [0.3, 0.4) is 0 Å². The number of benzene rings is 1. The highest BCUT2D eigenvalue weighted by molar-refractivity contribution is 5.87. The number of hydrogen-bond acceptors (Lipinski definition) is 7. The van der Waals surface area contributed by atoms with Gasteiger partial charge in [0.15, 0.2) is 0 Å².